The van der Waals surface area contributed by atoms with Crippen LogP contribution in [-0.2, 0) is 47.4 Å². The van der Waals surface area contributed by atoms with Crippen LogP contribution in [0.25, 0.3) is 0 Å². The van der Waals surface area contributed by atoms with Gasteiger partial charge in [-0.3, -0.25) is 19.2 Å². The second kappa shape index (κ2) is 11.7. The van der Waals surface area contributed by atoms with Crippen LogP contribution in [-0.4, -0.2) is 43.0 Å². The molecular formula is C20H22F6N2O6. The van der Waals surface area contributed by atoms with Crippen LogP contribution in [0.2, 0.25) is 0 Å². The Kier molecular flexibility index (Phi) is 9.88. The molecule has 0 heterocycles. The fourth-order valence-electron chi connectivity index (χ4n) is 2.89. The smallest absolute Gasteiger partial charge is 0.416 e. The molecule has 0 saturated carbocycles. The van der Waals surface area contributed by atoms with Gasteiger partial charge in [0.1, 0.15) is 6.04 Å². The van der Waals surface area contributed by atoms with E-state index in [-0.39, 0.29) is 19.3 Å². The maximum absolute atomic E-state index is 13.0. The van der Waals surface area contributed by atoms with Gasteiger partial charge in [-0.15, -0.1) is 0 Å². The fraction of sp³-hybridized carbons (Fsp3) is 0.500. The van der Waals surface area contributed by atoms with Gasteiger partial charge in [-0.25, -0.2) is 0 Å². The van der Waals surface area contributed by atoms with Crippen molar-refractivity contribution in [3.8, 4) is 0 Å². The summed E-state index contributed by atoms with van der Waals surface area (Å²) < 4.78 is 87.6. The van der Waals surface area contributed by atoms with E-state index >= 15 is 0 Å². The number of carbonyl (C=O) groups excluding carboxylic acids is 4. The van der Waals surface area contributed by atoms with Gasteiger partial charge in [-0.1, -0.05) is 0 Å². The lowest BCUT2D eigenvalue weighted by atomic mass is 9.94. The normalized spacial score (nSPS) is 13.5. The molecule has 1 aromatic rings. The average Bonchev–Trinajstić information content (AvgIpc) is 2.69. The third-order valence-electron chi connectivity index (χ3n) is 4.32. The molecule has 0 aliphatic rings. The number of rotatable bonds is 10. The van der Waals surface area contributed by atoms with E-state index in [1.165, 1.54) is 13.8 Å². The van der Waals surface area contributed by atoms with Crippen LogP contribution >= 0.6 is 0 Å². The number of hydrogen-bond donors (Lipinski definition) is 2. The molecule has 2 atom stereocenters. The first kappa shape index (κ1) is 28.7. The van der Waals surface area contributed by atoms with Gasteiger partial charge in [0.2, 0.25) is 11.8 Å². The van der Waals surface area contributed by atoms with Crippen molar-refractivity contribution in [3.63, 3.8) is 0 Å². The summed E-state index contributed by atoms with van der Waals surface area (Å²) in [6, 6.07) is -1.28. The summed E-state index contributed by atoms with van der Waals surface area (Å²) in [7, 11) is 0. The summed E-state index contributed by atoms with van der Waals surface area (Å²) in [5.74, 6) is -6.20. The molecule has 190 valence electrons. The van der Waals surface area contributed by atoms with Gasteiger partial charge in [0.15, 0.2) is 0 Å². The maximum Gasteiger partial charge on any atom is 0.416 e. The van der Waals surface area contributed by atoms with E-state index in [0.717, 1.165) is 0 Å². The third kappa shape index (κ3) is 8.56. The van der Waals surface area contributed by atoms with Crippen molar-refractivity contribution in [2.75, 3.05) is 13.2 Å². The highest BCUT2D eigenvalue weighted by atomic mass is 19.4. The quantitative estimate of drug-likeness (QED) is 0.376. The zero-order chi connectivity index (χ0) is 26.3. The SMILES string of the molecule is CCOC(=O)C[C@H](C(=O)OCC)[C@@H](NC(=O)Cc1cc(C(F)(F)F)cc(C(F)(F)F)c1)C(N)=O. The molecular weight excluding hydrogens is 478 g/mol. The Morgan fingerprint density at radius 3 is 1.82 bits per heavy atom. The largest absolute Gasteiger partial charge is 0.466 e. The predicted molar refractivity (Wildman–Crippen MR) is 103 cm³/mol. The van der Waals surface area contributed by atoms with Crippen molar-refractivity contribution >= 4 is 23.8 Å². The van der Waals surface area contributed by atoms with Crippen molar-refractivity contribution in [3.05, 3.63) is 34.9 Å². The van der Waals surface area contributed by atoms with E-state index in [1.807, 2.05) is 5.32 Å². The molecule has 34 heavy (non-hydrogen) atoms. The minimum atomic E-state index is -5.13. The van der Waals surface area contributed by atoms with E-state index in [4.69, 9.17) is 15.2 Å². The van der Waals surface area contributed by atoms with E-state index in [2.05, 4.69) is 0 Å². The minimum Gasteiger partial charge on any atom is -0.466 e. The number of nitrogens with one attached hydrogen (secondary N) is 1. The summed E-state index contributed by atoms with van der Waals surface area (Å²) in [5.41, 5.74) is 1.28. The van der Waals surface area contributed by atoms with Crippen molar-refractivity contribution in [1.29, 1.82) is 0 Å². The van der Waals surface area contributed by atoms with Gasteiger partial charge < -0.3 is 20.5 Å². The summed E-state index contributed by atoms with van der Waals surface area (Å²) in [6.45, 7) is 2.65. The maximum atomic E-state index is 13.0. The van der Waals surface area contributed by atoms with Crippen LogP contribution in [0.3, 0.4) is 0 Å². The first-order chi connectivity index (χ1) is 15.6. The van der Waals surface area contributed by atoms with Crippen molar-refractivity contribution in [2.24, 2.45) is 11.7 Å². The lowest BCUT2D eigenvalue weighted by molar-refractivity contribution is -0.157. The van der Waals surface area contributed by atoms with E-state index in [0.29, 0.717) is 12.1 Å². The second-order valence-corrected chi connectivity index (χ2v) is 6.91. The zero-order valence-corrected chi connectivity index (χ0v) is 18.0. The van der Waals surface area contributed by atoms with Crippen molar-refractivity contribution in [1.82, 2.24) is 5.32 Å². The first-order valence-electron chi connectivity index (χ1n) is 9.79. The lowest BCUT2D eigenvalue weighted by Gasteiger charge is -2.23. The summed E-state index contributed by atoms with van der Waals surface area (Å²) >= 11 is 0. The molecule has 2 amide bonds. The second-order valence-electron chi connectivity index (χ2n) is 6.91. The number of amides is 2. The number of primary amides is 1. The number of ether oxygens (including phenoxy) is 2. The monoisotopic (exact) mass is 500 g/mol. The standard InChI is InChI=1S/C20H22F6N2O6/c1-3-33-15(30)9-13(18(32)34-4-2)16(17(27)31)28-14(29)7-10-5-11(19(21,22)23)8-12(6-10)20(24,25)26/h5-6,8,13,16H,3-4,7,9H2,1-2H3,(H2,27,31)(H,28,29)/t13-,16+/m0/s1. The lowest BCUT2D eigenvalue weighted by Crippen LogP contribution is -2.52. The Hall–Kier alpha value is -3.32. The van der Waals surface area contributed by atoms with Crippen LogP contribution in [0.1, 0.15) is 37.0 Å². The molecule has 0 saturated heterocycles. The van der Waals surface area contributed by atoms with Crippen LogP contribution < -0.4 is 11.1 Å². The molecule has 0 radical (unpaired) electrons. The van der Waals surface area contributed by atoms with Crippen LogP contribution in [0.15, 0.2) is 18.2 Å². The highest BCUT2D eigenvalue weighted by Gasteiger charge is 2.39. The molecule has 14 heteroatoms. The van der Waals surface area contributed by atoms with E-state index in [9.17, 15) is 45.5 Å². The number of alkyl halides is 6. The summed E-state index contributed by atoms with van der Waals surface area (Å²) in [4.78, 5) is 48.4. The minimum absolute atomic E-state index is 0.0704. The molecule has 3 N–H and O–H groups in total. The van der Waals surface area contributed by atoms with Crippen LogP contribution in [0, 0.1) is 5.92 Å². The van der Waals surface area contributed by atoms with Crippen LogP contribution in [0.5, 0.6) is 0 Å². The third-order valence-corrected chi connectivity index (χ3v) is 4.32. The predicted octanol–water partition coefficient (Wildman–Crippen LogP) is 2.37. The number of nitrogens with two attached hydrogens (primary N) is 1. The Morgan fingerprint density at radius 2 is 1.41 bits per heavy atom. The topological polar surface area (TPSA) is 125 Å². The highest BCUT2D eigenvalue weighted by molar-refractivity contribution is 5.93. The molecule has 0 spiro atoms. The first-order valence-corrected chi connectivity index (χ1v) is 9.79. The Morgan fingerprint density at radius 1 is 0.912 bits per heavy atom. The number of hydrogen-bond acceptors (Lipinski definition) is 6. The number of benzene rings is 1. The molecule has 0 aromatic heterocycles. The van der Waals surface area contributed by atoms with Gasteiger partial charge >= 0.3 is 24.3 Å². The zero-order valence-electron chi connectivity index (χ0n) is 18.0. The van der Waals surface area contributed by atoms with E-state index in [1.54, 1.807) is 0 Å². The van der Waals surface area contributed by atoms with Crippen molar-refractivity contribution in [2.45, 2.75) is 45.1 Å². The Balaban J connectivity index is 3.23. The highest BCUT2D eigenvalue weighted by Crippen LogP contribution is 2.36. The molecule has 1 aromatic carbocycles. The average molecular weight is 500 g/mol. The number of halogens is 6. The summed E-state index contributed by atoms with van der Waals surface area (Å²) in [6.07, 6.45) is -12.0. The van der Waals surface area contributed by atoms with Gasteiger partial charge in [0.25, 0.3) is 0 Å². The fourth-order valence-corrected chi connectivity index (χ4v) is 2.89. The van der Waals surface area contributed by atoms with Crippen LogP contribution in [0.4, 0.5) is 26.3 Å². The molecule has 0 aliphatic heterocycles. The molecule has 8 nitrogen and oxygen atoms in total. The molecule has 0 bridgehead atoms. The molecule has 0 aliphatic carbocycles. The molecule has 0 unspecified atom stereocenters. The molecule has 1 rings (SSSR count). The molecule has 0 fully saturated rings. The van der Waals surface area contributed by atoms with Crippen molar-refractivity contribution < 1.29 is 55.0 Å². The Labute approximate surface area is 189 Å². The number of esters is 2. The summed E-state index contributed by atoms with van der Waals surface area (Å²) in [5, 5.41) is 1.98. The van der Waals surface area contributed by atoms with Gasteiger partial charge in [-0.05, 0) is 37.6 Å². The number of carbonyl (C=O) groups is 4. The Bertz CT molecular complexity index is 884. The van der Waals surface area contributed by atoms with Gasteiger partial charge in [0.05, 0.1) is 43.1 Å². The van der Waals surface area contributed by atoms with Gasteiger partial charge in [0, 0.05) is 0 Å². The van der Waals surface area contributed by atoms with Gasteiger partial charge in [-0.2, -0.15) is 26.3 Å². The van der Waals surface area contributed by atoms with E-state index < -0.39 is 77.6 Å².